The van der Waals surface area contributed by atoms with Gasteiger partial charge in [-0.1, -0.05) is 11.6 Å². The minimum absolute atomic E-state index is 0.109. The third kappa shape index (κ3) is 3.71. The average molecular weight is 287 g/mol. The molecule has 19 heavy (non-hydrogen) atoms. The molecule has 0 aromatic heterocycles. The Balaban J connectivity index is 3.33. The number of hydrogen-bond donors (Lipinski definition) is 3. The monoisotopic (exact) mass is 286 g/mol. The molecule has 0 bridgehead atoms. The van der Waals surface area contributed by atoms with E-state index in [0.29, 0.717) is 0 Å². The second kappa shape index (κ2) is 5.87. The van der Waals surface area contributed by atoms with Crippen LogP contribution in [-0.2, 0) is 0 Å². The van der Waals surface area contributed by atoms with Gasteiger partial charge in [-0.25, -0.2) is 4.99 Å². The second-order valence-corrected chi connectivity index (χ2v) is 3.65. The minimum atomic E-state index is -0.641. The van der Waals surface area contributed by atoms with E-state index in [1.807, 2.05) is 0 Å². The highest BCUT2D eigenvalue weighted by atomic mass is 35.5. The van der Waals surface area contributed by atoms with Crippen LogP contribution in [0.5, 0.6) is 5.75 Å². The van der Waals surface area contributed by atoms with E-state index in [1.165, 1.54) is 13.2 Å². The third-order valence-corrected chi connectivity index (χ3v) is 2.23. The van der Waals surface area contributed by atoms with Crippen LogP contribution in [0.1, 0.15) is 0 Å². The molecular formula is C9H11ClN6O3. The van der Waals surface area contributed by atoms with E-state index in [0.717, 1.165) is 6.07 Å². The standard InChI is InChI=1S/C9H11ClN6O3/c1-19-7-3-6(16(17)18)4(10)2-5(7)14-9(13)15-8(11)12/h2-3H,1H3,(H6,11,12,13,14,15). The highest BCUT2D eigenvalue weighted by Gasteiger charge is 2.17. The summed E-state index contributed by atoms with van der Waals surface area (Å²) in [5.74, 6) is -0.388. The summed E-state index contributed by atoms with van der Waals surface area (Å²) in [6, 6.07) is 2.36. The number of hydrogen-bond acceptors (Lipinski definition) is 4. The van der Waals surface area contributed by atoms with Gasteiger partial charge in [-0.3, -0.25) is 10.1 Å². The molecule has 0 atom stereocenters. The lowest BCUT2D eigenvalue weighted by Gasteiger charge is -2.05. The van der Waals surface area contributed by atoms with Gasteiger partial charge in [0.05, 0.1) is 18.1 Å². The summed E-state index contributed by atoms with van der Waals surface area (Å²) in [5.41, 5.74) is 15.6. The van der Waals surface area contributed by atoms with Gasteiger partial charge in [0.2, 0.25) is 5.96 Å². The van der Waals surface area contributed by atoms with Gasteiger partial charge in [0.1, 0.15) is 10.7 Å². The summed E-state index contributed by atoms with van der Waals surface area (Å²) >= 11 is 5.75. The van der Waals surface area contributed by atoms with Crippen LogP contribution >= 0.6 is 11.6 Å². The van der Waals surface area contributed by atoms with Crippen LogP contribution in [0.2, 0.25) is 5.02 Å². The first-order chi connectivity index (χ1) is 8.85. The number of ether oxygens (including phenoxy) is 1. The van der Waals surface area contributed by atoms with E-state index in [2.05, 4.69) is 9.98 Å². The highest BCUT2D eigenvalue weighted by molar-refractivity contribution is 6.33. The van der Waals surface area contributed by atoms with Crippen molar-refractivity contribution >= 4 is 34.9 Å². The summed E-state index contributed by atoms with van der Waals surface area (Å²) < 4.78 is 4.96. The van der Waals surface area contributed by atoms with Gasteiger partial charge < -0.3 is 21.9 Å². The second-order valence-electron chi connectivity index (χ2n) is 3.24. The van der Waals surface area contributed by atoms with Crippen molar-refractivity contribution in [2.24, 2.45) is 27.2 Å². The van der Waals surface area contributed by atoms with E-state index >= 15 is 0 Å². The van der Waals surface area contributed by atoms with Gasteiger partial charge in [-0.15, -0.1) is 0 Å². The Labute approximate surface area is 112 Å². The molecule has 0 spiro atoms. The summed E-state index contributed by atoms with van der Waals surface area (Å²) in [6.45, 7) is 0. The van der Waals surface area contributed by atoms with Crippen molar-refractivity contribution in [3.63, 3.8) is 0 Å². The van der Waals surface area contributed by atoms with Crippen molar-refractivity contribution in [2.75, 3.05) is 7.11 Å². The molecule has 1 aromatic rings. The molecule has 0 aliphatic carbocycles. The number of guanidine groups is 2. The zero-order chi connectivity index (χ0) is 14.6. The van der Waals surface area contributed by atoms with E-state index in [-0.39, 0.29) is 34.1 Å². The van der Waals surface area contributed by atoms with Crippen LogP contribution < -0.4 is 21.9 Å². The Morgan fingerprint density at radius 2 is 2.05 bits per heavy atom. The molecule has 0 saturated carbocycles. The van der Waals surface area contributed by atoms with Crippen molar-refractivity contribution in [3.8, 4) is 5.75 Å². The lowest BCUT2D eigenvalue weighted by Crippen LogP contribution is -2.26. The number of nitro groups is 1. The molecule has 1 rings (SSSR count). The van der Waals surface area contributed by atoms with Crippen LogP contribution in [0.4, 0.5) is 11.4 Å². The van der Waals surface area contributed by atoms with E-state index in [1.54, 1.807) is 0 Å². The van der Waals surface area contributed by atoms with Crippen molar-refractivity contribution in [1.82, 2.24) is 0 Å². The first-order valence-electron chi connectivity index (χ1n) is 4.81. The maximum absolute atomic E-state index is 10.7. The predicted octanol–water partition coefficient (Wildman–Crippen LogP) is 0.476. The Hall–Kier alpha value is -2.55. The molecule has 0 aliphatic rings. The molecule has 9 nitrogen and oxygen atoms in total. The molecule has 0 fully saturated rings. The largest absolute Gasteiger partial charge is 0.494 e. The Morgan fingerprint density at radius 3 is 2.53 bits per heavy atom. The molecule has 10 heteroatoms. The summed E-state index contributed by atoms with van der Waals surface area (Å²) in [4.78, 5) is 17.4. The zero-order valence-corrected chi connectivity index (χ0v) is 10.6. The number of nitro benzene ring substituents is 1. The minimum Gasteiger partial charge on any atom is -0.494 e. The van der Waals surface area contributed by atoms with Gasteiger partial charge in [0, 0.05) is 0 Å². The first-order valence-corrected chi connectivity index (χ1v) is 5.18. The third-order valence-electron chi connectivity index (χ3n) is 1.92. The fourth-order valence-electron chi connectivity index (χ4n) is 1.20. The van der Waals surface area contributed by atoms with Crippen molar-refractivity contribution in [2.45, 2.75) is 0 Å². The summed E-state index contributed by atoms with van der Waals surface area (Å²) in [7, 11) is 1.32. The number of nitrogens with two attached hydrogens (primary N) is 3. The molecule has 6 N–H and O–H groups in total. The Morgan fingerprint density at radius 1 is 1.42 bits per heavy atom. The molecule has 102 valence electrons. The number of benzene rings is 1. The van der Waals surface area contributed by atoms with Gasteiger partial charge in [0.25, 0.3) is 5.69 Å². The SMILES string of the molecule is COc1cc([N+](=O)[O-])c(Cl)cc1N=C(N)N=C(N)N. The van der Waals surface area contributed by atoms with Gasteiger partial charge in [-0.05, 0) is 6.07 Å². The molecule has 0 unspecified atom stereocenters. The maximum atomic E-state index is 10.7. The first kappa shape index (κ1) is 14.5. The average Bonchev–Trinajstić information content (AvgIpc) is 2.27. The maximum Gasteiger partial charge on any atom is 0.291 e. The normalized spacial score (nSPS) is 10.9. The van der Waals surface area contributed by atoms with E-state index in [4.69, 9.17) is 33.5 Å². The van der Waals surface area contributed by atoms with Crippen molar-refractivity contribution in [1.29, 1.82) is 0 Å². The van der Waals surface area contributed by atoms with E-state index in [9.17, 15) is 10.1 Å². The molecule has 0 aliphatic heterocycles. The zero-order valence-electron chi connectivity index (χ0n) is 9.83. The Kier molecular flexibility index (Phi) is 4.48. The molecule has 1 aromatic carbocycles. The molecular weight excluding hydrogens is 276 g/mol. The Bertz CT molecular complexity index is 567. The van der Waals surface area contributed by atoms with E-state index < -0.39 is 4.92 Å². The van der Waals surface area contributed by atoms with Gasteiger partial charge in [0.15, 0.2) is 11.7 Å². The fourth-order valence-corrected chi connectivity index (χ4v) is 1.43. The number of nitrogens with zero attached hydrogens (tertiary/aromatic N) is 3. The van der Waals surface area contributed by atoms with Gasteiger partial charge >= 0.3 is 0 Å². The van der Waals surface area contributed by atoms with Crippen LogP contribution in [0.15, 0.2) is 22.1 Å². The van der Waals surface area contributed by atoms with Crippen LogP contribution in [0.3, 0.4) is 0 Å². The fraction of sp³-hybridized carbons (Fsp3) is 0.111. The van der Waals surface area contributed by atoms with Crippen LogP contribution in [0.25, 0.3) is 0 Å². The lowest BCUT2D eigenvalue weighted by atomic mass is 10.2. The smallest absolute Gasteiger partial charge is 0.291 e. The highest BCUT2D eigenvalue weighted by Crippen LogP contribution is 2.37. The number of rotatable bonds is 3. The van der Waals surface area contributed by atoms with Crippen LogP contribution in [0, 0.1) is 10.1 Å². The number of methoxy groups -OCH3 is 1. The topological polar surface area (TPSA) is 155 Å². The molecule has 0 saturated heterocycles. The quantitative estimate of drug-likeness (QED) is 0.317. The van der Waals surface area contributed by atoms with Crippen molar-refractivity contribution < 1.29 is 9.66 Å². The predicted molar refractivity (Wildman–Crippen MR) is 71.8 cm³/mol. The summed E-state index contributed by atoms with van der Waals surface area (Å²) in [6.07, 6.45) is 0. The molecule has 0 amide bonds. The number of aliphatic imine (C=N–C) groups is 2. The molecule has 0 radical (unpaired) electrons. The van der Waals surface area contributed by atoms with Crippen molar-refractivity contribution in [3.05, 3.63) is 27.3 Å². The van der Waals surface area contributed by atoms with Crippen LogP contribution in [-0.4, -0.2) is 24.0 Å². The number of halogens is 1. The molecule has 0 heterocycles. The summed E-state index contributed by atoms with van der Waals surface area (Å²) in [5, 5.41) is 10.6. The van der Waals surface area contributed by atoms with Gasteiger partial charge in [-0.2, -0.15) is 4.99 Å². The lowest BCUT2D eigenvalue weighted by molar-refractivity contribution is -0.384.